The molecule has 1 fully saturated rings. The average Bonchev–Trinajstić information content (AvgIpc) is 3.00. The second-order valence-electron chi connectivity index (χ2n) is 8.31. The van der Waals surface area contributed by atoms with Crippen LogP contribution in [0.4, 0.5) is 4.39 Å². The van der Waals surface area contributed by atoms with E-state index in [0.717, 1.165) is 29.5 Å². The van der Waals surface area contributed by atoms with Crippen LogP contribution >= 0.6 is 11.6 Å². The van der Waals surface area contributed by atoms with Crippen molar-refractivity contribution in [3.63, 3.8) is 0 Å². The van der Waals surface area contributed by atoms with Gasteiger partial charge in [-0.05, 0) is 55.2 Å². The van der Waals surface area contributed by atoms with E-state index in [1.807, 2.05) is 18.2 Å². The van der Waals surface area contributed by atoms with Gasteiger partial charge in [-0.2, -0.15) is 0 Å². The monoisotopic (exact) mass is 431 g/mol. The van der Waals surface area contributed by atoms with Gasteiger partial charge in [0.25, 0.3) is 0 Å². The van der Waals surface area contributed by atoms with Crippen LogP contribution in [0.2, 0.25) is 5.02 Å². The van der Waals surface area contributed by atoms with E-state index in [2.05, 4.69) is 6.92 Å². The molecule has 0 saturated carbocycles. The number of hydrogen-bond acceptors (Lipinski definition) is 6. The van der Waals surface area contributed by atoms with Crippen LogP contribution in [-0.2, 0) is 15.3 Å². The van der Waals surface area contributed by atoms with Crippen molar-refractivity contribution in [2.75, 3.05) is 13.7 Å². The summed E-state index contributed by atoms with van der Waals surface area (Å²) in [5.41, 5.74) is 6.97. The Morgan fingerprint density at radius 1 is 1.23 bits per heavy atom. The van der Waals surface area contributed by atoms with Crippen molar-refractivity contribution in [2.24, 2.45) is 10.7 Å². The molecular weight excluding hydrogens is 409 g/mol. The van der Waals surface area contributed by atoms with Gasteiger partial charge in [0, 0.05) is 13.5 Å². The smallest absolute Gasteiger partial charge is 0.222 e. The zero-order chi connectivity index (χ0) is 21.1. The van der Waals surface area contributed by atoms with Crippen molar-refractivity contribution in [1.82, 2.24) is 5.06 Å². The summed E-state index contributed by atoms with van der Waals surface area (Å²) in [6.07, 6.45) is 2.42. The molecule has 1 saturated heterocycles. The molecule has 5 rings (SSSR count). The van der Waals surface area contributed by atoms with Crippen LogP contribution in [0.3, 0.4) is 0 Å². The number of nitrogens with two attached hydrogens (primary N) is 1. The standard InChI is InChI=1S/C22H23ClFN3O3/c1-13-7-8-21(12-28-13)11-22(26-20(25)27(2)30-22)16-9-14(4-6-19(16)29-21)15-3-5-18(24)17(23)10-15/h3-6,9-10,13H,7-8,11-12H2,1-2H3,(H2,25,26)/t13?,21-,22-/m1/s1. The van der Waals surface area contributed by atoms with Gasteiger partial charge in [0.15, 0.2) is 0 Å². The summed E-state index contributed by atoms with van der Waals surface area (Å²) in [6.45, 7) is 2.53. The summed E-state index contributed by atoms with van der Waals surface area (Å²) in [7, 11) is 1.73. The predicted molar refractivity (Wildman–Crippen MR) is 112 cm³/mol. The van der Waals surface area contributed by atoms with E-state index in [9.17, 15) is 4.39 Å². The Bertz CT molecular complexity index is 1040. The highest BCUT2D eigenvalue weighted by Crippen LogP contribution is 2.52. The molecule has 6 nitrogen and oxygen atoms in total. The van der Waals surface area contributed by atoms with E-state index in [4.69, 9.17) is 36.6 Å². The molecule has 2 N–H and O–H groups in total. The van der Waals surface area contributed by atoms with E-state index in [-0.39, 0.29) is 11.1 Å². The first-order chi connectivity index (χ1) is 14.3. The Balaban J connectivity index is 1.61. The second kappa shape index (κ2) is 6.83. The summed E-state index contributed by atoms with van der Waals surface area (Å²) < 4.78 is 26.0. The highest BCUT2D eigenvalue weighted by atomic mass is 35.5. The fourth-order valence-corrected chi connectivity index (χ4v) is 4.63. The van der Waals surface area contributed by atoms with Crippen LogP contribution in [0.25, 0.3) is 11.1 Å². The second-order valence-corrected chi connectivity index (χ2v) is 8.71. The lowest BCUT2D eigenvalue weighted by atomic mass is 9.80. The Labute approximate surface area is 179 Å². The summed E-state index contributed by atoms with van der Waals surface area (Å²) in [5.74, 6) is 0.534. The van der Waals surface area contributed by atoms with Gasteiger partial charge in [-0.3, -0.25) is 0 Å². The Morgan fingerprint density at radius 3 is 2.67 bits per heavy atom. The normalized spacial score (nSPS) is 30.3. The highest BCUT2D eigenvalue weighted by Gasteiger charge is 2.55. The maximum atomic E-state index is 13.6. The summed E-state index contributed by atoms with van der Waals surface area (Å²) >= 11 is 5.99. The number of hydrogen-bond donors (Lipinski definition) is 1. The summed E-state index contributed by atoms with van der Waals surface area (Å²) in [5, 5.41) is 1.55. The van der Waals surface area contributed by atoms with Gasteiger partial charge in [-0.25, -0.2) is 19.3 Å². The van der Waals surface area contributed by atoms with Crippen molar-refractivity contribution in [3.8, 4) is 16.9 Å². The van der Waals surface area contributed by atoms with Gasteiger partial charge in [0.05, 0.1) is 23.3 Å². The van der Waals surface area contributed by atoms with Crippen molar-refractivity contribution >= 4 is 17.6 Å². The number of aliphatic imine (C=N–C) groups is 1. The van der Waals surface area contributed by atoms with Crippen molar-refractivity contribution in [3.05, 3.63) is 52.8 Å². The number of guanidine groups is 1. The van der Waals surface area contributed by atoms with Gasteiger partial charge in [0.1, 0.15) is 17.2 Å². The number of fused-ring (bicyclic) bond motifs is 2. The number of nitrogens with zero attached hydrogens (tertiary/aromatic N) is 2. The van der Waals surface area contributed by atoms with E-state index in [1.165, 1.54) is 11.1 Å². The SMILES string of the molecule is CC1CC[C@]2(CO1)C[C@]1(N=C(N)N(C)O1)c1cc(-c3ccc(F)c(Cl)c3)ccc1O2. The molecule has 3 heterocycles. The molecule has 2 aromatic carbocycles. The minimum atomic E-state index is -1.00. The number of ether oxygens (including phenoxy) is 2. The summed E-state index contributed by atoms with van der Waals surface area (Å²) in [6, 6.07) is 10.4. The minimum absolute atomic E-state index is 0.0720. The van der Waals surface area contributed by atoms with Crippen LogP contribution in [0, 0.1) is 5.82 Å². The van der Waals surface area contributed by atoms with Crippen LogP contribution < -0.4 is 10.5 Å². The Morgan fingerprint density at radius 2 is 2.00 bits per heavy atom. The number of benzene rings is 2. The zero-order valence-electron chi connectivity index (χ0n) is 16.8. The van der Waals surface area contributed by atoms with E-state index in [1.54, 1.807) is 19.2 Å². The molecule has 158 valence electrons. The average molecular weight is 432 g/mol. The number of rotatable bonds is 1. The van der Waals surface area contributed by atoms with Crippen LogP contribution in [0.1, 0.15) is 31.7 Å². The maximum Gasteiger partial charge on any atom is 0.222 e. The van der Waals surface area contributed by atoms with Crippen molar-refractivity contribution < 1.29 is 18.7 Å². The van der Waals surface area contributed by atoms with E-state index < -0.39 is 17.1 Å². The van der Waals surface area contributed by atoms with Crippen LogP contribution in [0.5, 0.6) is 5.75 Å². The molecule has 3 aliphatic heterocycles. The third-order valence-corrected chi connectivity index (χ3v) is 6.37. The van der Waals surface area contributed by atoms with Gasteiger partial charge >= 0.3 is 0 Å². The number of hydroxylamine groups is 2. The predicted octanol–water partition coefficient (Wildman–Crippen LogP) is 4.21. The largest absolute Gasteiger partial charge is 0.484 e. The van der Waals surface area contributed by atoms with Crippen molar-refractivity contribution in [2.45, 2.75) is 43.6 Å². The Hall–Kier alpha value is -2.35. The summed E-state index contributed by atoms with van der Waals surface area (Å²) in [4.78, 5) is 10.9. The first kappa shape index (κ1) is 19.6. The molecule has 30 heavy (non-hydrogen) atoms. The first-order valence-electron chi connectivity index (χ1n) is 9.98. The third kappa shape index (κ3) is 3.12. The molecule has 0 amide bonds. The topological polar surface area (TPSA) is 69.3 Å². The lowest BCUT2D eigenvalue weighted by molar-refractivity contribution is -0.220. The molecule has 8 heteroatoms. The van der Waals surface area contributed by atoms with Gasteiger partial charge in [-0.15, -0.1) is 0 Å². The zero-order valence-corrected chi connectivity index (χ0v) is 17.6. The van der Waals surface area contributed by atoms with E-state index >= 15 is 0 Å². The van der Waals surface area contributed by atoms with Gasteiger partial charge < -0.3 is 15.2 Å². The van der Waals surface area contributed by atoms with Gasteiger partial charge in [-0.1, -0.05) is 23.7 Å². The maximum absolute atomic E-state index is 13.6. The molecule has 1 unspecified atom stereocenters. The fourth-order valence-electron chi connectivity index (χ4n) is 4.45. The van der Waals surface area contributed by atoms with Crippen LogP contribution in [-0.4, -0.2) is 36.4 Å². The molecule has 0 radical (unpaired) electrons. The minimum Gasteiger partial charge on any atom is -0.484 e. The fraction of sp³-hybridized carbons (Fsp3) is 0.409. The molecule has 0 bridgehead atoms. The third-order valence-electron chi connectivity index (χ3n) is 6.08. The molecule has 0 aliphatic carbocycles. The van der Waals surface area contributed by atoms with Gasteiger partial charge in [0.2, 0.25) is 11.7 Å². The molecule has 2 spiro atoms. The van der Waals surface area contributed by atoms with Crippen molar-refractivity contribution in [1.29, 1.82) is 0 Å². The lowest BCUT2D eigenvalue weighted by Gasteiger charge is -2.47. The number of halogens is 2. The lowest BCUT2D eigenvalue weighted by Crippen LogP contribution is -2.54. The molecule has 3 atom stereocenters. The Kier molecular flexibility index (Phi) is 4.47. The highest BCUT2D eigenvalue weighted by molar-refractivity contribution is 6.31. The quantitative estimate of drug-likeness (QED) is 0.732. The molecular formula is C22H23ClFN3O3. The van der Waals surface area contributed by atoms with E-state index in [0.29, 0.717) is 24.7 Å². The molecule has 0 aromatic heterocycles. The first-order valence-corrected chi connectivity index (χ1v) is 10.4. The molecule has 2 aromatic rings. The molecule has 3 aliphatic rings. The van der Waals surface area contributed by atoms with Crippen LogP contribution in [0.15, 0.2) is 41.4 Å².